The van der Waals surface area contributed by atoms with Crippen LogP contribution in [0.4, 0.5) is 11.4 Å². The lowest BCUT2D eigenvalue weighted by Crippen LogP contribution is -2.37. The summed E-state index contributed by atoms with van der Waals surface area (Å²) in [7, 11) is 0. The first kappa shape index (κ1) is 51.0. The van der Waals surface area contributed by atoms with Crippen molar-refractivity contribution in [3.8, 4) is 73.1 Å². The van der Waals surface area contributed by atoms with Crippen molar-refractivity contribution in [3.05, 3.63) is 315 Å². The van der Waals surface area contributed by atoms with Gasteiger partial charge in [0, 0.05) is 44.5 Å². The third kappa shape index (κ3) is 8.00. The summed E-state index contributed by atoms with van der Waals surface area (Å²) in [6, 6.07) is 99.1. The standard InChI is InChI=1S/C83H56N4O/c1-2-64-66-47-59(53-23-9-3-10-24-53)41-46-76(66)87(79(64)58-33-19-8-20-34-58)82-80(85-72-42-37-60(54-25-11-4-12-26-54)48-67(72)68-49-61(38-43-73(68)85)55-27-13-5-14-28-55)71(52-84)83-78(65-35-21-22-36-77(65)88-83)81(82)86-74-44-39-62(56-29-15-6-16-30-56)50-69(74)70-51-63(40-45-75(70)86)57-31-17-7-18-32-57/h2-33,35-51,58,64,79H,1,34H2/t58?,64?,79-/m0/s1. The molecule has 0 saturated heterocycles. The monoisotopic (exact) mass is 1120 g/mol. The average Bonchev–Trinajstić information content (AvgIpc) is 1.84. The Kier molecular flexibility index (Phi) is 12.0. The van der Waals surface area contributed by atoms with E-state index in [-0.39, 0.29) is 17.9 Å². The van der Waals surface area contributed by atoms with Gasteiger partial charge in [0.25, 0.3) is 0 Å². The predicted molar refractivity (Wildman–Crippen MR) is 366 cm³/mol. The molecule has 1 aliphatic carbocycles. The summed E-state index contributed by atoms with van der Waals surface area (Å²) in [6.07, 6.45) is 12.1. The van der Waals surface area contributed by atoms with Gasteiger partial charge in [0.15, 0.2) is 5.58 Å². The van der Waals surface area contributed by atoms with E-state index in [4.69, 9.17) is 11.0 Å². The Morgan fingerprint density at radius 2 is 0.841 bits per heavy atom. The van der Waals surface area contributed by atoms with Crippen LogP contribution in [0.3, 0.4) is 0 Å². The zero-order chi connectivity index (χ0) is 58.4. The molecule has 0 radical (unpaired) electrons. The molecule has 0 bridgehead atoms. The quantitative estimate of drug-likeness (QED) is 0.128. The lowest BCUT2D eigenvalue weighted by atomic mass is 9.82. The van der Waals surface area contributed by atoms with Crippen LogP contribution in [0.1, 0.15) is 23.5 Å². The van der Waals surface area contributed by atoms with Crippen LogP contribution in [0.2, 0.25) is 0 Å². The summed E-state index contributed by atoms with van der Waals surface area (Å²) in [6.45, 7) is 4.73. The van der Waals surface area contributed by atoms with Crippen molar-refractivity contribution in [2.24, 2.45) is 5.92 Å². The van der Waals surface area contributed by atoms with Crippen LogP contribution < -0.4 is 4.90 Å². The highest BCUT2D eigenvalue weighted by Gasteiger charge is 2.46. The van der Waals surface area contributed by atoms with Gasteiger partial charge in [-0.05, 0) is 134 Å². The van der Waals surface area contributed by atoms with Gasteiger partial charge in [-0.25, -0.2) is 0 Å². The van der Waals surface area contributed by atoms with E-state index < -0.39 is 0 Å². The van der Waals surface area contributed by atoms with Gasteiger partial charge in [0.2, 0.25) is 0 Å². The van der Waals surface area contributed by atoms with E-state index in [2.05, 4.69) is 305 Å². The highest BCUT2D eigenvalue weighted by molar-refractivity contribution is 6.22. The molecule has 5 nitrogen and oxygen atoms in total. The van der Waals surface area contributed by atoms with Crippen LogP contribution in [-0.4, -0.2) is 15.2 Å². The number of furan rings is 1. The van der Waals surface area contributed by atoms with Crippen molar-refractivity contribution in [2.45, 2.75) is 18.4 Å². The summed E-state index contributed by atoms with van der Waals surface area (Å²) >= 11 is 0. The highest BCUT2D eigenvalue weighted by Crippen LogP contribution is 2.58. The molecule has 5 heteroatoms. The third-order valence-corrected chi connectivity index (χ3v) is 18.6. The van der Waals surface area contributed by atoms with E-state index in [1.165, 1.54) is 5.56 Å². The number of benzene rings is 12. The molecule has 88 heavy (non-hydrogen) atoms. The molecule has 3 aromatic heterocycles. The first-order valence-electron chi connectivity index (χ1n) is 30.3. The van der Waals surface area contributed by atoms with Crippen LogP contribution in [0, 0.1) is 17.2 Å². The molecule has 0 amide bonds. The molecule has 12 aromatic carbocycles. The molecular formula is C83H56N4O. The van der Waals surface area contributed by atoms with Crippen molar-refractivity contribution >= 4 is 76.9 Å². The second kappa shape index (κ2) is 20.7. The number of nitrogens with zero attached hydrogens (tertiary/aromatic N) is 4. The number of hydrogen-bond acceptors (Lipinski definition) is 3. The van der Waals surface area contributed by atoms with E-state index in [9.17, 15) is 5.26 Å². The van der Waals surface area contributed by atoms with Crippen LogP contribution in [0.15, 0.2) is 308 Å². The Hall–Kier alpha value is -11.5. The van der Waals surface area contributed by atoms with E-state index in [1.807, 2.05) is 12.1 Å². The van der Waals surface area contributed by atoms with Gasteiger partial charge in [-0.15, -0.1) is 6.58 Å². The maximum absolute atomic E-state index is 12.6. The van der Waals surface area contributed by atoms with Gasteiger partial charge in [-0.1, -0.05) is 231 Å². The fourth-order valence-corrected chi connectivity index (χ4v) is 14.7. The van der Waals surface area contributed by atoms with E-state index in [0.717, 1.165) is 139 Å². The lowest BCUT2D eigenvalue weighted by Gasteiger charge is -2.38. The van der Waals surface area contributed by atoms with Crippen molar-refractivity contribution < 1.29 is 4.42 Å². The predicted octanol–water partition coefficient (Wildman–Crippen LogP) is 21.9. The Balaban J connectivity index is 1.09. The molecule has 0 fully saturated rings. The number of rotatable bonds is 10. The molecule has 0 saturated carbocycles. The Bertz CT molecular complexity index is 5200. The van der Waals surface area contributed by atoms with Crippen molar-refractivity contribution in [2.75, 3.05) is 4.90 Å². The number of fused-ring (bicyclic) bond motifs is 10. The van der Waals surface area contributed by atoms with Gasteiger partial charge < -0.3 is 18.5 Å². The van der Waals surface area contributed by atoms with E-state index in [0.29, 0.717) is 16.7 Å². The zero-order valence-corrected chi connectivity index (χ0v) is 48.1. The Labute approximate surface area is 510 Å². The molecule has 15 aromatic rings. The molecule has 17 rings (SSSR count). The third-order valence-electron chi connectivity index (χ3n) is 18.6. The molecule has 2 aliphatic rings. The lowest BCUT2D eigenvalue weighted by molar-refractivity contribution is 0.481. The Morgan fingerprint density at radius 3 is 1.27 bits per heavy atom. The first-order chi connectivity index (χ1) is 43.6. The minimum atomic E-state index is -0.204. The summed E-state index contributed by atoms with van der Waals surface area (Å²) in [5, 5.41) is 18.7. The fourth-order valence-electron chi connectivity index (χ4n) is 14.7. The van der Waals surface area contributed by atoms with Crippen molar-refractivity contribution in [1.29, 1.82) is 5.26 Å². The van der Waals surface area contributed by atoms with Gasteiger partial charge in [-0.3, -0.25) is 0 Å². The van der Waals surface area contributed by atoms with Crippen LogP contribution >= 0.6 is 0 Å². The zero-order valence-electron chi connectivity index (χ0n) is 48.1. The summed E-state index contributed by atoms with van der Waals surface area (Å²) in [5.41, 5.74) is 21.8. The van der Waals surface area contributed by atoms with Gasteiger partial charge in [0.05, 0.1) is 50.6 Å². The second-order valence-electron chi connectivity index (χ2n) is 23.4. The minimum absolute atomic E-state index is 0.0311. The smallest absolute Gasteiger partial charge is 0.157 e. The average molecular weight is 1130 g/mol. The maximum Gasteiger partial charge on any atom is 0.157 e. The van der Waals surface area contributed by atoms with Crippen LogP contribution in [0.25, 0.3) is 133 Å². The van der Waals surface area contributed by atoms with Gasteiger partial charge in [-0.2, -0.15) is 5.26 Å². The maximum atomic E-state index is 12.6. The summed E-state index contributed by atoms with van der Waals surface area (Å²) in [5.74, 6) is -0.105. The number of nitriles is 1. The number of para-hydroxylation sites is 1. The van der Waals surface area contributed by atoms with Crippen LogP contribution in [0.5, 0.6) is 0 Å². The summed E-state index contributed by atoms with van der Waals surface area (Å²) in [4.78, 5) is 2.64. The molecular weight excluding hydrogens is 1070 g/mol. The van der Waals surface area contributed by atoms with Crippen molar-refractivity contribution in [3.63, 3.8) is 0 Å². The van der Waals surface area contributed by atoms with E-state index in [1.54, 1.807) is 0 Å². The largest absolute Gasteiger partial charge is 0.454 e. The normalized spacial score (nSPS) is 15.5. The van der Waals surface area contributed by atoms with E-state index >= 15 is 0 Å². The number of allylic oxidation sites excluding steroid dienone is 3. The van der Waals surface area contributed by atoms with Crippen molar-refractivity contribution in [1.82, 2.24) is 9.13 Å². The minimum Gasteiger partial charge on any atom is -0.454 e. The number of hydrogen-bond donors (Lipinski definition) is 0. The Morgan fingerprint density at radius 1 is 0.420 bits per heavy atom. The topological polar surface area (TPSA) is 50.0 Å². The SMILES string of the molecule is C=CC1c2cc(-c3ccccc3)ccc2N(c2c(-n3c4ccc(-c5ccccc5)cc4c4cc(-c5ccccc5)ccc43)c(C#N)c3oc4ccccc4c3c2-n2c3ccc(-c4ccccc4)cc3c3cc(-c4ccccc4)ccc32)[C@H]1C1C=CC=CC1. The highest BCUT2D eigenvalue weighted by atomic mass is 16.3. The molecule has 2 unspecified atom stereocenters. The van der Waals surface area contributed by atoms with Crippen LogP contribution in [-0.2, 0) is 0 Å². The molecule has 4 heterocycles. The van der Waals surface area contributed by atoms with Gasteiger partial charge >= 0.3 is 0 Å². The number of aromatic nitrogens is 2. The second-order valence-corrected chi connectivity index (χ2v) is 23.4. The fraction of sp³-hybridized carbons (Fsp3) is 0.0482. The molecule has 0 N–H and O–H groups in total. The van der Waals surface area contributed by atoms with Gasteiger partial charge in [0.1, 0.15) is 17.2 Å². The first-order valence-corrected chi connectivity index (χ1v) is 30.3. The molecule has 3 atom stereocenters. The molecule has 1 aliphatic heterocycles. The molecule has 414 valence electrons. The molecule has 0 spiro atoms. The summed E-state index contributed by atoms with van der Waals surface area (Å²) < 4.78 is 12.3. The number of anilines is 2.